The van der Waals surface area contributed by atoms with Crippen LogP contribution in [0, 0.1) is 0 Å². The van der Waals surface area contributed by atoms with Gasteiger partial charge in [0.2, 0.25) is 0 Å². The molecule has 1 aromatic carbocycles. The van der Waals surface area contributed by atoms with Crippen molar-refractivity contribution in [1.82, 2.24) is 14.8 Å². The highest BCUT2D eigenvalue weighted by Crippen LogP contribution is 2.11. The van der Waals surface area contributed by atoms with E-state index < -0.39 is 5.97 Å². The van der Waals surface area contributed by atoms with Gasteiger partial charge in [-0.25, -0.2) is 9.78 Å². The van der Waals surface area contributed by atoms with Crippen molar-refractivity contribution in [3.8, 4) is 0 Å². The van der Waals surface area contributed by atoms with Crippen molar-refractivity contribution in [3.05, 3.63) is 67.1 Å². The minimum Gasteiger partial charge on any atom is -0.477 e. The molecule has 0 atom stereocenters. The zero-order chi connectivity index (χ0) is 15.9. The highest BCUT2D eigenvalue weighted by Gasteiger charge is 2.04. The molecular weight excluding hydrogens is 278 g/mol. The molecule has 114 valence electrons. The molecule has 5 nitrogen and oxygen atoms in total. The number of hydrogen-bond acceptors (Lipinski definition) is 4. The summed E-state index contributed by atoms with van der Waals surface area (Å²) in [4.78, 5) is 18.9. The lowest BCUT2D eigenvalue weighted by Crippen LogP contribution is -2.21. The maximum absolute atomic E-state index is 10.6. The molecule has 2 aromatic rings. The van der Waals surface area contributed by atoms with Gasteiger partial charge in [0, 0.05) is 31.4 Å². The third-order valence-corrected chi connectivity index (χ3v) is 3.12. The van der Waals surface area contributed by atoms with Crippen molar-refractivity contribution < 1.29 is 9.90 Å². The van der Waals surface area contributed by atoms with E-state index in [0.717, 1.165) is 18.6 Å². The summed E-state index contributed by atoms with van der Waals surface area (Å²) in [5, 5.41) is 9.63. The van der Waals surface area contributed by atoms with Crippen LogP contribution in [-0.2, 0) is 0 Å². The van der Waals surface area contributed by atoms with E-state index in [-0.39, 0.29) is 5.69 Å². The van der Waals surface area contributed by atoms with Gasteiger partial charge in [-0.05, 0) is 12.1 Å². The Labute approximate surface area is 129 Å². The lowest BCUT2D eigenvalue weighted by atomic mass is 10.2. The molecule has 0 bridgehead atoms. The lowest BCUT2D eigenvalue weighted by molar-refractivity contribution is 0.0691. The molecule has 1 aliphatic rings. The summed E-state index contributed by atoms with van der Waals surface area (Å²) in [5.41, 5.74) is 0.793. The Kier molecular flexibility index (Phi) is 5.14. The molecular formula is C17H19N3O2. The maximum Gasteiger partial charge on any atom is 0.354 e. The zero-order valence-corrected chi connectivity index (χ0v) is 12.5. The van der Waals surface area contributed by atoms with Gasteiger partial charge in [0.05, 0.1) is 12.2 Å². The van der Waals surface area contributed by atoms with Crippen LogP contribution in [0.15, 0.2) is 61.5 Å². The van der Waals surface area contributed by atoms with E-state index in [1.54, 1.807) is 12.1 Å². The second-order valence-corrected chi connectivity index (χ2v) is 4.95. The van der Waals surface area contributed by atoms with Gasteiger partial charge in [-0.15, -0.1) is 6.58 Å². The minimum atomic E-state index is -0.995. The first kappa shape index (κ1) is 15.6. The maximum atomic E-state index is 10.6. The lowest BCUT2D eigenvalue weighted by Gasteiger charge is -2.15. The van der Waals surface area contributed by atoms with E-state index in [1.165, 1.54) is 6.07 Å². The largest absolute Gasteiger partial charge is 0.477 e. The summed E-state index contributed by atoms with van der Waals surface area (Å²) in [6.07, 6.45) is 6.04. The van der Waals surface area contributed by atoms with E-state index in [1.807, 2.05) is 24.3 Å². The zero-order valence-electron chi connectivity index (χ0n) is 12.5. The Hall–Kier alpha value is -2.82. The van der Waals surface area contributed by atoms with Gasteiger partial charge in [0.1, 0.15) is 5.69 Å². The molecule has 3 rings (SSSR count). The van der Waals surface area contributed by atoms with Crippen LogP contribution in [-0.4, -0.2) is 46.1 Å². The Morgan fingerprint density at radius 1 is 1.32 bits per heavy atom. The van der Waals surface area contributed by atoms with Crippen molar-refractivity contribution in [1.29, 1.82) is 0 Å². The van der Waals surface area contributed by atoms with Gasteiger partial charge in [-0.1, -0.05) is 30.3 Å². The molecule has 0 saturated carbocycles. The SMILES string of the molecule is C=CCN1C=CN(C)C1.O=C(O)c1ccc2ccccc2n1. The number of para-hydroxylation sites is 1. The van der Waals surface area contributed by atoms with Crippen LogP contribution in [0.5, 0.6) is 0 Å². The standard InChI is InChI=1S/C10H7NO2.C7H12N2/c12-10(13)9-6-5-7-3-1-2-4-8(7)11-9;1-3-4-9-6-5-8(2)7-9/h1-6H,(H,12,13);3,5-6H,1,4,7H2,2H3. The van der Waals surface area contributed by atoms with Crippen LogP contribution >= 0.6 is 0 Å². The van der Waals surface area contributed by atoms with Crippen molar-refractivity contribution in [2.45, 2.75) is 0 Å². The number of hydrogen-bond donors (Lipinski definition) is 1. The van der Waals surface area contributed by atoms with Crippen molar-refractivity contribution >= 4 is 16.9 Å². The Morgan fingerprint density at radius 3 is 2.73 bits per heavy atom. The van der Waals surface area contributed by atoms with Crippen molar-refractivity contribution in [2.24, 2.45) is 0 Å². The van der Waals surface area contributed by atoms with Gasteiger partial charge < -0.3 is 14.9 Å². The summed E-state index contributed by atoms with van der Waals surface area (Å²) >= 11 is 0. The van der Waals surface area contributed by atoms with Gasteiger partial charge in [0.25, 0.3) is 0 Å². The number of carbonyl (C=O) groups is 1. The normalized spacial score (nSPS) is 13.0. The third kappa shape index (κ3) is 4.09. The monoisotopic (exact) mass is 297 g/mol. The van der Waals surface area contributed by atoms with E-state index in [0.29, 0.717) is 5.52 Å². The predicted octanol–water partition coefficient (Wildman–Crippen LogP) is 2.78. The fraction of sp³-hybridized carbons (Fsp3) is 0.176. The second kappa shape index (κ2) is 7.26. The van der Waals surface area contributed by atoms with Gasteiger partial charge >= 0.3 is 5.97 Å². The van der Waals surface area contributed by atoms with Crippen LogP contribution in [0.4, 0.5) is 0 Å². The van der Waals surface area contributed by atoms with Gasteiger partial charge in [-0.3, -0.25) is 0 Å². The highest BCUT2D eigenvalue weighted by molar-refractivity contribution is 5.89. The number of fused-ring (bicyclic) bond motifs is 1. The number of carboxylic acids is 1. The molecule has 1 aromatic heterocycles. The summed E-state index contributed by atoms with van der Waals surface area (Å²) in [6.45, 7) is 5.59. The first-order chi connectivity index (χ1) is 10.6. The fourth-order valence-electron chi connectivity index (χ4n) is 2.06. The molecule has 0 saturated heterocycles. The van der Waals surface area contributed by atoms with E-state index in [4.69, 9.17) is 5.11 Å². The third-order valence-electron chi connectivity index (χ3n) is 3.12. The van der Waals surface area contributed by atoms with E-state index in [9.17, 15) is 4.79 Å². The summed E-state index contributed by atoms with van der Waals surface area (Å²) in [5.74, 6) is -0.995. The molecule has 0 amide bonds. The fourth-order valence-corrected chi connectivity index (χ4v) is 2.06. The number of benzene rings is 1. The Bertz CT molecular complexity index is 697. The smallest absolute Gasteiger partial charge is 0.354 e. The molecule has 1 aliphatic heterocycles. The molecule has 0 fully saturated rings. The summed E-state index contributed by atoms with van der Waals surface area (Å²) < 4.78 is 0. The average molecular weight is 297 g/mol. The summed E-state index contributed by atoms with van der Waals surface area (Å²) in [7, 11) is 2.06. The van der Waals surface area contributed by atoms with E-state index >= 15 is 0 Å². The number of rotatable bonds is 3. The first-order valence-electron chi connectivity index (χ1n) is 6.93. The number of aromatic carboxylic acids is 1. The summed E-state index contributed by atoms with van der Waals surface area (Å²) in [6, 6.07) is 10.7. The van der Waals surface area contributed by atoms with Crippen LogP contribution in [0.3, 0.4) is 0 Å². The molecule has 0 radical (unpaired) electrons. The quantitative estimate of drug-likeness (QED) is 0.883. The number of carboxylic acid groups (broad SMARTS) is 1. The van der Waals surface area contributed by atoms with Gasteiger partial charge in [0.15, 0.2) is 0 Å². The highest BCUT2D eigenvalue weighted by atomic mass is 16.4. The average Bonchev–Trinajstić information content (AvgIpc) is 2.93. The minimum absolute atomic E-state index is 0.0821. The molecule has 0 aliphatic carbocycles. The molecule has 1 N–H and O–H groups in total. The number of nitrogens with zero attached hydrogens (tertiary/aromatic N) is 3. The van der Waals surface area contributed by atoms with Gasteiger partial charge in [-0.2, -0.15) is 0 Å². The molecule has 0 unspecified atom stereocenters. The van der Waals surface area contributed by atoms with Crippen molar-refractivity contribution in [3.63, 3.8) is 0 Å². The van der Waals surface area contributed by atoms with Crippen molar-refractivity contribution in [2.75, 3.05) is 20.3 Å². The first-order valence-corrected chi connectivity index (χ1v) is 6.93. The molecule has 5 heteroatoms. The topological polar surface area (TPSA) is 56.7 Å². The predicted molar refractivity (Wildman–Crippen MR) is 87.4 cm³/mol. The van der Waals surface area contributed by atoms with Crippen LogP contribution in [0.2, 0.25) is 0 Å². The van der Waals surface area contributed by atoms with E-state index in [2.05, 4.69) is 40.8 Å². The second-order valence-electron chi connectivity index (χ2n) is 4.95. The number of pyridine rings is 1. The number of aromatic nitrogens is 1. The van der Waals surface area contributed by atoms with Crippen LogP contribution < -0.4 is 0 Å². The van der Waals surface area contributed by atoms with Crippen LogP contribution in [0.25, 0.3) is 10.9 Å². The molecule has 2 heterocycles. The molecule has 22 heavy (non-hydrogen) atoms. The Balaban J connectivity index is 0.000000172. The molecule has 0 spiro atoms. The Morgan fingerprint density at radius 2 is 2.09 bits per heavy atom. The van der Waals surface area contributed by atoms with Crippen LogP contribution in [0.1, 0.15) is 10.5 Å².